The van der Waals surface area contributed by atoms with E-state index in [4.69, 9.17) is 10.0 Å². The van der Waals surface area contributed by atoms with Crippen molar-refractivity contribution in [2.24, 2.45) is 0 Å². The lowest BCUT2D eigenvalue weighted by Crippen LogP contribution is -2.29. The molecule has 0 saturated carbocycles. The van der Waals surface area contributed by atoms with Gasteiger partial charge in [-0.1, -0.05) is 12.1 Å². The van der Waals surface area contributed by atoms with Crippen molar-refractivity contribution in [2.45, 2.75) is 13.8 Å². The second-order valence-electron chi connectivity index (χ2n) is 3.51. The Bertz CT molecular complexity index is 514. The Morgan fingerprint density at radius 2 is 1.87 bits per heavy atom. The number of fused-ring (bicyclic) bond motifs is 1. The molecule has 1 aromatic heterocycles. The molecule has 1 heterocycles. The SMILES string of the molecule is Cc1nc(C)c2cc(B(O)O)ccc2n1. The van der Waals surface area contributed by atoms with Crippen molar-refractivity contribution in [3.63, 3.8) is 0 Å². The molecule has 76 valence electrons. The third kappa shape index (κ3) is 1.84. The molecule has 0 atom stereocenters. The number of aromatic nitrogens is 2. The fourth-order valence-electron chi connectivity index (χ4n) is 1.60. The molecule has 4 nitrogen and oxygen atoms in total. The Kier molecular flexibility index (Phi) is 2.42. The summed E-state index contributed by atoms with van der Waals surface area (Å²) < 4.78 is 0. The van der Waals surface area contributed by atoms with Crippen LogP contribution in [0, 0.1) is 13.8 Å². The summed E-state index contributed by atoms with van der Waals surface area (Å²) in [4.78, 5) is 8.49. The van der Waals surface area contributed by atoms with Crippen molar-refractivity contribution < 1.29 is 10.0 Å². The van der Waals surface area contributed by atoms with Gasteiger partial charge in [-0.05, 0) is 25.4 Å². The molecule has 15 heavy (non-hydrogen) atoms. The van der Waals surface area contributed by atoms with Crippen molar-refractivity contribution >= 4 is 23.5 Å². The van der Waals surface area contributed by atoms with Gasteiger partial charge < -0.3 is 10.0 Å². The van der Waals surface area contributed by atoms with Crippen LogP contribution in [0.4, 0.5) is 0 Å². The maximum atomic E-state index is 9.04. The zero-order chi connectivity index (χ0) is 11.0. The number of benzene rings is 1. The Morgan fingerprint density at radius 1 is 1.13 bits per heavy atom. The van der Waals surface area contributed by atoms with Gasteiger partial charge in [0.2, 0.25) is 0 Å². The Hall–Kier alpha value is -1.46. The van der Waals surface area contributed by atoms with Crippen LogP contribution in [0.5, 0.6) is 0 Å². The zero-order valence-electron chi connectivity index (χ0n) is 8.60. The molecule has 5 heteroatoms. The topological polar surface area (TPSA) is 66.2 Å². The lowest BCUT2D eigenvalue weighted by Gasteiger charge is -2.05. The molecule has 0 fully saturated rings. The van der Waals surface area contributed by atoms with Crippen LogP contribution in [0.15, 0.2) is 18.2 Å². The molecule has 0 aliphatic carbocycles. The first-order chi connectivity index (χ1) is 7.08. The van der Waals surface area contributed by atoms with E-state index in [2.05, 4.69) is 9.97 Å². The number of nitrogens with zero attached hydrogens (tertiary/aromatic N) is 2. The third-order valence-electron chi connectivity index (χ3n) is 2.32. The first kappa shape index (κ1) is 10.1. The van der Waals surface area contributed by atoms with Gasteiger partial charge in [-0.25, -0.2) is 9.97 Å². The largest absolute Gasteiger partial charge is 0.488 e. The average molecular weight is 202 g/mol. The van der Waals surface area contributed by atoms with Gasteiger partial charge in [0.15, 0.2) is 0 Å². The minimum Gasteiger partial charge on any atom is -0.423 e. The van der Waals surface area contributed by atoms with Gasteiger partial charge in [0.05, 0.1) is 5.52 Å². The summed E-state index contributed by atoms with van der Waals surface area (Å²) in [5.74, 6) is 0.720. The predicted molar refractivity (Wildman–Crippen MR) is 58.8 cm³/mol. The van der Waals surface area contributed by atoms with E-state index in [0.717, 1.165) is 22.4 Å². The smallest absolute Gasteiger partial charge is 0.423 e. The van der Waals surface area contributed by atoms with Crippen molar-refractivity contribution in [1.82, 2.24) is 9.97 Å². The molecule has 0 amide bonds. The van der Waals surface area contributed by atoms with Crippen LogP contribution in [0.2, 0.25) is 0 Å². The highest BCUT2D eigenvalue weighted by Gasteiger charge is 2.12. The van der Waals surface area contributed by atoms with Crippen LogP contribution >= 0.6 is 0 Å². The molecule has 0 spiro atoms. The van der Waals surface area contributed by atoms with Gasteiger partial charge >= 0.3 is 7.12 Å². The van der Waals surface area contributed by atoms with Gasteiger partial charge in [-0.15, -0.1) is 0 Å². The van der Waals surface area contributed by atoms with Crippen molar-refractivity contribution in [3.8, 4) is 0 Å². The molecule has 0 radical (unpaired) electrons. The second-order valence-corrected chi connectivity index (χ2v) is 3.51. The highest BCUT2D eigenvalue weighted by molar-refractivity contribution is 6.58. The summed E-state index contributed by atoms with van der Waals surface area (Å²) in [5.41, 5.74) is 2.13. The van der Waals surface area contributed by atoms with Gasteiger partial charge in [0, 0.05) is 11.1 Å². The normalized spacial score (nSPS) is 10.7. The molecular formula is C10H11BN2O2. The molecule has 0 aliphatic rings. The number of hydrogen-bond donors (Lipinski definition) is 2. The van der Waals surface area contributed by atoms with Crippen molar-refractivity contribution in [3.05, 3.63) is 29.7 Å². The predicted octanol–water partition coefficient (Wildman–Crippen LogP) is -0.0736. The second kappa shape index (κ2) is 3.60. The van der Waals surface area contributed by atoms with Crippen LogP contribution in [0.25, 0.3) is 10.9 Å². The van der Waals surface area contributed by atoms with Gasteiger partial charge in [-0.2, -0.15) is 0 Å². The Morgan fingerprint density at radius 3 is 2.53 bits per heavy atom. The van der Waals surface area contributed by atoms with E-state index in [-0.39, 0.29) is 0 Å². The maximum absolute atomic E-state index is 9.04. The summed E-state index contributed by atoms with van der Waals surface area (Å²) in [7, 11) is -1.45. The molecule has 0 unspecified atom stereocenters. The number of aryl methyl sites for hydroxylation is 2. The van der Waals surface area contributed by atoms with Crippen molar-refractivity contribution in [2.75, 3.05) is 0 Å². The van der Waals surface area contributed by atoms with Crippen LogP contribution in [-0.4, -0.2) is 27.1 Å². The quantitative estimate of drug-likeness (QED) is 0.635. The average Bonchev–Trinajstić information content (AvgIpc) is 2.16. The monoisotopic (exact) mass is 202 g/mol. The molecular weight excluding hydrogens is 191 g/mol. The molecule has 1 aromatic carbocycles. The highest BCUT2D eigenvalue weighted by Crippen LogP contribution is 2.13. The molecule has 0 bridgehead atoms. The van der Waals surface area contributed by atoms with Crippen LogP contribution in [0.3, 0.4) is 0 Å². The van der Waals surface area contributed by atoms with E-state index >= 15 is 0 Å². The van der Waals surface area contributed by atoms with E-state index in [9.17, 15) is 0 Å². The standard InChI is InChI=1S/C10H11BN2O2/c1-6-9-5-8(11(14)15)3-4-10(9)13-7(2)12-6/h3-5,14-15H,1-2H3. The zero-order valence-corrected chi connectivity index (χ0v) is 8.60. The van der Waals surface area contributed by atoms with Gasteiger partial charge in [0.25, 0.3) is 0 Å². The molecule has 2 N–H and O–H groups in total. The summed E-state index contributed by atoms with van der Waals surface area (Å²) in [6.45, 7) is 3.71. The fourth-order valence-corrected chi connectivity index (χ4v) is 1.60. The van der Waals surface area contributed by atoms with Crippen LogP contribution in [-0.2, 0) is 0 Å². The van der Waals surface area contributed by atoms with Crippen molar-refractivity contribution in [1.29, 1.82) is 0 Å². The van der Waals surface area contributed by atoms with E-state index in [1.165, 1.54) is 0 Å². The van der Waals surface area contributed by atoms with Gasteiger partial charge in [-0.3, -0.25) is 0 Å². The van der Waals surface area contributed by atoms with E-state index < -0.39 is 7.12 Å². The summed E-state index contributed by atoms with van der Waals surface area (Å²) in [5, 5.41) is 18.9. The molecule has 0 aliphatic heterocycles. The van der Waals surface area contributed by atoms with Gasteiger partial charge in [0.1, 0.15) is 5.82 Å². The minimum absolute atomic E-state index is 0.457. The lowest BCUT2D eigenvalue weighted by molar-refractivity contribution is 0.426. The Balaban J connectivity index is 2.71. The fraction of sp³-hybridized carbons (Fsp3) is 0.200. The van der Waals surface area contributed by atoms with Crippen LogP contribution < -0.4 is 5.46 Å². The summed E-state index contributed by atoms with van der Waals surface area (Å²) >= 11 is 0. The molecule has 2 rings (SSSR count). The molecule has 2 aromatic rings. The first-order valence-electron chi connectivity index (χ1n) is 4.69. The van der Waals surface area contributed by atoms with Crippen LogP contribution in [0.1, 0.15) is 11.5 Å². The maximum Gasteiger partial charge on any atom is 0.488 e. The highest BCUT2D eigenvalue weighted by atomic mass is 16.4. The van der Waals surface area contributed by atoms with E-state index in [1.54, 1.807) is 18.2 Å². The third-order valence-corrected chi connectivity index (χ3v) is 2.32. The minimum atomic E-state index is -1.45. The Labute approximate surface area is 87.8 Å². The number of hydrogen-bond acceptors (Lipinski definition) is 4. The number of rotatable bonds is 1. The van der Waals surface area contributed by atoms with E-state index in [0.29, 0.717) is 5.46 Å². The van der Waals surface area contributed by atoms with E-state index in [1.807, 2.05) is 13.8 Å². The lowest BCUT2D eigenvalue weighted by atomic mass is 9.80. The summed E-state index contributed by atoms with van der Waals surface area (Å²) in [6.07, 6.45) is 0. The first-order valence-corrected chi connectivity index (χ1v) is 4.69. The summed E-state index contributed by atoms with van der Waals surface area (Å²) in [6, 6.07) is 5.12. The molecule has 0 saturated heterocycles.